The molecule has 0 amide bonds. The number of methoxy groups -OCH3 is 1. The molecule has 0 spiro atoms. The first kappa shape index (κ1) is 27.0. The summed E-state index contributed by atoms with van der Waals surface area (Å²) in [5, 5.41) is 11.2. The molecule has 212 valence electrons. The van der Waals surface area contributed by atoms with Crippen LogP contribution in [0.5, 0.6) is 5.75 Å². The van der Waals surface area contributed by atoms with E-state index in [0.717, 1.165) is 56.4 Å². The van der Waals surface area contributed by atoms with Crippen LogP contribution in [0, 0.1) is 45.8 Å². The Kier molecular flexibility index (Phi) is 6.54. The first-order chi connectivity index (χ1) is 18.6. The zero-order valence-corrected chi connectivity index (χ0v) is 24.2. The minimum atomic E-state index is -1.15. The van der Waals surface area contributed by atoms with Gasteiger partial charge in [0.05, 0.1) is 25.2 Å². The fourth-order valence-electron chi connectivity index (χ4n) is 10.3. The molecule has 0 aromatic heterocycles. The van der Waals surface area contributed by atoms with E-state index in [9.17, 15) is 14.7 Å². The van der Waals surface area contributed by atoms with Crippen LogP contribution in [0.15, 0.2) is 35.9 Å². The van der Waals surface area contributed by atoms with Gasteiger partial charge in [-0.3, -0.25) is 9.69 Å². The van der Waals surface area contributed by atoms with Gasteiger partial charge in [0, 0.05) is 24.5 Å². The topological polar surface area (TPSA) is 76.1 Å². The molecule has 1 aromatic carbocycles. The van der Waals surface area contributed by atoms with Gasteiger partial charge in [-0.2, -0.15) is 0 Å². The summed E-state index contributed by atoms with van der Waals surface area (Å²) in [6.45, 7) is 10.9. The average molecular weight is 536 g/mol. The van der Waals surface area contributed by atoms with E-state index in [-0.39, 0.29) is 23.9 Å². The third kappa shape index (κ3) is 3.52. The monoisotopic (exact) mass is 535 g/mol. The summed E-state index contributed by atoms with van der Waals surface area (Å²) in [5.74, 6) is 1.32. The van der Waals surface area contributed by atoms with Crippen LogP contribution in [0.2, 0.25) is 0 Å². The summed E-state index contributed by atoms with van der Waals surface area (Å²) < 4.78 is 12.1. The van der Waals surface area contributed by atoms with E-state index < -0.39 is 22.2 Å². The zero-order chi connectivity index (χ0) is 27.7. The molecule has 1 saturated heterocycles. The molecule has 6 heteroatoms. The molecule has 39 heavy (non-hydrogen) atoms. The third-order valence-corrected chi connectivity index (χ3v) is 11.9. The van der Waals surface area contributed by atoms with Crippen molar-refractivity contribution in [2.24, 2.45) is 45.8 Å². The van der Waals surface area contributed by atoms with Gasteiger partial charge >= 0.3 is 5.97 Å². The van der Waals surface area contributed by atoms with E-state index in [1.165, 1.54) is 5.56 Å². The van der Waals surface area contributed by atoms with Crippen molar-refractivity contribution in [3.05, 3.63) is 41.5 Å². The highest BCUT2D eigenvalue weighted by atomic mass is 16.5. The summed E-state index contributed by atoms with van der Waals surface area (Å²) in [6.07, 6.45) is 7.94. The van der Waals surface area contributed by atoms with Crippen molar-refractivity contribution in [2.75, 3.05) is 20.3 Å². The maximum Gasteiger partial charge on any atom is 0.315 e. The molecule has 4 bridgehead atoms. The molecule has 0 unspecified atom stereocenters. The Labute approximate surface area is 233 Å². The van der Waals surface area contributed by atoms with Crippen LogP contribution in [0.1, 0.15) is 65.4 Å². The molecule has 3 saturated carbocycles. The largest absolute Gasteiger partial charge is 0.497 e. The van der Waals surface area contributed by atoms with Gasteiger partial charge in [-0.05, 0) is 79.9 Å². The number of ether oxygens (including phenoxy) is 2. The molecule has 1 heterocycles. The lowest BCUT2D eigenvalue weighted by Gasteiger charge is -2.58. The number of carbonyl (C=O) groups excluding carboxylic acids is 1. The van der Waals surface area contributed by atoms with Crippen molar-refractivity contribution in [1.29, 1.82) is 0 Å². The van der Waals surface area contributed by atoms with Crippen LogP contribution in [0.3, 0.4) is 0 Å². The molecule has 0 radical (unpaired) electrons. The van der Waals surface area contributed by atoms with Gasteiger partial charge in [-0.1, -0.05) is 51.0 Å². The van der Waals surface area contributed by atoms with Crippen molar-refractivity contribution in [1.82, 2.24) is 4.90 Å². The number of carboxylic acid groups (broad SMARTS) is 1. The number of likely N-dealkylation sites (tertiary alicyclic amines) is 1. The number of rotatable bonds is 9. The fraction of sp³-hybridized carbons (Fsp3) is 0.697. The van der Waals surface area contributed by atoms with Gasteiger partial charge in [-0.25, -0.2) is 0 Å². The highest BCUT2D eigenvalue weighted by Crippen LogP contribution is 2.82. The fourth-order valence-corrected chi connectivity index (χ4v) is 10.3. The lowest BCUT2D eigenvalue weighted by molar-refractivity contribution is -0.188. The molecule has 1 aliphatic heterocycles. The molecular weight excluding hydrogens is 490 g/mol. The van der Waals surface area contributed by atoms with Crippen molar-refractivity contribution in [2.45, 2.75) is 78.5 Å². The van der Waals surface area contributed by atoms with Crippen LogP contribution in [0.25, 0.3) is 0 Å². The third-order valence-electron chi connectivity index (χ3n) is 11.9. The van der Waals surface area contributed by atoms with Crippen molar-refractivity contribution >= 4 is 12.3 Å². The number of fused-ring (bicyclic) bond motifs is 2. The number of hydrogen-bond donors (Lipinski definition) is 1. The Bertz CT molecular complexity index is 1160. The number of nitrogens with zero attached hydrogens (tertiary/aromatic N) is 1. The highest BCUT2D eigenvalue weighted by molar-refractivity contribution is 5.90. The minimum Gasteiger partial charge on any atom is -0.497 e. The van der Waals surface area contributed by atoms with E-state index in [4.69, 9.17) is 9.47 Å². The smallest absolute Gasteiger partial charge is 0.315 e. The number of benzene rings is 1. The normalized spacial score (nSPS) is 42.6. The quantitative estimate of drug-likeness (QED) is 0.328. The molecule has 1 aromatic rings. The van der Waals surface area contributed by atoms with E-state index in [2.05, 4.69) is 50.8 Å². The number of allylic oxidation sites excluding steroid dienone is 1. The molecular formula is C33H45NO5. The first-order valence-electron chi connectivity index (χ1n) is 15.0. The van der Waals surface area contributed by atoms with E-state index >= 15 is 0 Å². The molecule has 9 atom stereocenters. The lowest BCUT2D eigenvalue weighted by Crippen LogP contribution is -2.63. The standard InChI is InChI=1S/C33H45NO5/c1-20(2)29-13-24-14-31(18-35)28-11-6-21(3)27(28)15-32(24,33(29,31)30(36)37)19-39-26-12-22(4)34(17-26)16-23-7-9-25(38-5)10-8-23/h7-10,13,18,20-22,24,26-28H,6,11-12,14-17,19H2,1-5H3,(H,36,37)/t21-,22+,24+,26-,27-,28-,31+,32+,33+/m1/s1. The molecule has 1 N–H and O–H groups in total. The number of aliphatic carboxylic acids is 1. The second-order valence-corrected chi connectivity index (χ2v) is 13.8. The Morgan fingerprint density at radius 3 is 2.56 bits per heavy atom. The Hall–Kier alpha value is -2.18. The molecule has 5 aliphatic rings. The Balaban J connectivity index is 1.28. The minimum absolute atomic E-state index is 0.0605. The van der Waals surface area contributed by atoms with Crippen LogP contribution >= 0.6 is 0 Å². The number of aldehydes is 1. The van der Waals surface area contributed by atoms with Gasteiger partial charge in [0.15, 0.2) is 0 Å². The molecule has 4 fully saturated rings. The van der Waals surface area contributed by atoms with Crippen LogP contribution < -0.4 is 4.74 Å². The van der Waals surface area contributed by atoms with Crippen molar-refractivity contribution in [3.8, 4) is 5.75 Å². The Morgan fingerprint density at radius 2 is 1.92 bits per heavy atom. The first-order valence-corrected chi connectivity index (χ1v) is 15.0. The van der Waals surface area contributed by atoms with Crippen molar-refractivity contribution < 1.29 is 24.2 Å². The second kappa shape index (κ2) is 9.44. The van der Waals surface area contributed by atoms with Gasteiger partial charge in [0.25, 0.3) is 0 Å². The van der Waals surface area contributed by atoms with Crippen LogP contribution in [-0.2, 0) is 20.9 Å². The van der Waals surface area contributed by atoms with E-state index in [0.29, 0.717) is 30.9 Å². The second-order valence-electron chi connectivity index (χ2n) is 13.8. The van der Waals surface area contributed by atoms with Gasteiger partial charge in [0.1, 0.15) is 17.5 Å². The number of carbonyl (C=O) groups is 2. The van der Waals surface area contributed by atoms with E-state index in [1.807, 2.05) is 12.1 Å². The summed E-state index contributed by atoms with van der Waals surface area (Å²) in [6, 6.07) is 8.62. The average Bonchev–Trinajstić information content (AvgIpc) is 3.60. The van der Waals surface area contributed by atoms with Crippen LogP contribution in [0.4, 0.5) is 0 Å². The molecule has 4 aliphatic carbocycles. The number of hydrogen-bond acceptors (Lipinski definition) is 5. The Morgan fingerprint density at radius 1 is 1.18 bits per heavy atom. The summed E-state index contributed by atoms with van der Waals surface area (Å²) in [7, 11) is 1.68. The van der Waals surface area contributed by atoms with Gasteiger partial charge in [-0.15, -0.1) is 0 Å². The summed E-state index contributed by atoms with van der Waals surface area (Å²) in [4.78, 5) is 29.3. The molecule has 6 rings (SSSR count). The summed E-state index contributed by atoms with van der Waals surface area (Å²) >= 11 is 0. The lowest BCUT2D eigenvalue weighted by atomic mass is 9.43. The maximum atomic E-state index is 13.6. The van der Waals surface area contributed by atoms with Crippen LogP contribution in [-0.4, -0.2) is 54.7 Å². The maximum absolute atomic E-state index is 13.6. The van der Waals surface area contributed by atoms with Gasteiger partial charge in [0.2, 0.25) is 0 Å². The predicted molar refractivity (Wildman–Crippen MR) is 149 cm³/mol. The number of carboxylic acids is 1. The molecule has 6 nitrogen and oxygen atoms in total. The SMILES string of the molecule is COc1ccc(CN2C[C@H](OC[C@@]34C[C@@H]5[C@H](C)CC[C@H]5[C@@]5(C=O)C[C@@H]3C=C(C(C)C)[C@@]45C(=O)O)C[C@@H]2C)cc1. The van der Waals surface area contributed by atoms with E-state index in [1.54, 1.807) is 7.11 Å². The van der Waals surface area contributed by atoms with Gasteiger partial charge < -0.3 is 19.4 Å². The highest BCUT2D eigenvalue weighted by Gasteiger charge is 2.84. The predicted octanol–water partition coefficient (Wildman–Crippen LogP) is 5.60. The summed E-state index contributed by atoms with van der Waals surface area (Å²) in [5.41, 5.74) is -0.292. The van der Waals surface area contributed by atoms with Crippen molar-refractivity contribution in [3.63, 3.8) is 0 Å². The zero-order valence-electron chi connectivity index (χ0n) is 24.2.